The summed E-state index contributed by atoms with van der Waals surface area (Å²) in [5, 5.41) is 4.98. The minimum absolute atomic E-state index is 0.00657. The van der Waals surface area contributed by atoms with Gasteiger partial charge in [-0.2, -0.15) is 5.10 Å². The van der Waals surface area contributed by atoms with Gasteiger partial charge in [0.1, 0.15) is 5.69 Å². The molecule has 1 fully saturated rings. The van der Waals surface area contributed by atoms with Crippen molar-refractivity contribution in [2.75, 3.05) is 6.54 Å². The fraction of sp³-hybridized carbons (Fsp3) is 0.353. The van der Waals surface area contributed by atoms with Crippen LogP contribution in [0.25, 0.3) is 10.8 Å². The zero-order chi connectivity index (χ0) is 16.7. The first kappa shape index (κ1) is 15.1. The van der Waals surface area contributed by atoms with Gasteiger partial charge in [-0.15, -0.1) is 11.3 Å². The standard InChI is InChI=1S/C17H18N4O2S/c1-11-15(19-16(24-11)14-6-4-8-23-14)17(22)21-7-3-5-13(21)12-9-18-20(2)10-12/h4,6,8-10,13H,3,5,7H2,1-2H3/t13-/m1/s1. The Kier molecular flexibility index (Phi) is 3.72. The number of carbonyl (C=O) groups is 1. The van der Waals surface area contributed by atoms with E-state index in [0.29, 0.717) is 11.5 Å². The number of rotatable bonds is 3. The van der Waals surface area contributed by atoms with E-state index < -0.39 is 0 Å². The monoisotopic (exact) mass is 342 g/mol. The number of hydrogen-bond donors (Lipinski definition) is 0. The van der Waals surface area contributed by atoms with Crippen LogP contribution in [0.4, 0.5) is 0 Å². The van der Waals surface area contributed by atoms with Gasteiger partial charge in [-0.1, -0.05) is 0 Å². The highest BCUT2D eigenvalue weighted by atomic mass is 32.1. The molecule has 0 N–H and O–H groups in total. The van der Waals surface area contributed by atoms with Crippen molar-refractivity contribution < 1.29 is 9.21 Å². The summed E-state index contributed by atoms with van der Waals surface area (Å²) < 4.78 is 7.18. The largest absolute Gasteiger partial charge is 0.462 e. The highest BCUT2D eigenvalue weighted by Gasteiger charge is 2.33. The summed E-state index contributed by atoms with van der Waals surface area (Å²) in [4.78, 5) is 20.4. The maximum Gasteiger partial charge on any atom is 0.274 e. The van der Waals surface area contributed by atoms with Crippen molar-refractivity contribution in [3.63, 3.8) is 0 Å². The molecule has 1 amide bonds. The molecule has 1 aliphatic heterocycles. The van der Waals surface area contributed by atoms with Crippen molar-refractivity contribution >= 4 is 17.2 Å². The van der Waals surface area contributed by atoms with Crippen molar-refractivity contribution in [2.45, 2.75) is 25.8 Å². The van der Waals surface area contributed by atoms with E-state index in [9.17, 15) is 4.79 Å². The van der Waals surface area contributed by atoms with Crippen LogP contribution in [0.1, 0.15) is 39.8 Å². The van der Waals surface area contributed by atoms with E-state index in [2.05, 4.69) is 10.1 Å². The molecule has 4 heterocycles. The highest BCUT2D eigenvalue weighted by Crippen LogP contribution is 2.35. The smallest absolute Gasteiger partial charge is 0.274 e. The number of hydrogen-bond acceptors (Lipinski definition) is 5. The summed E-state index contributed by atoms with van der Waals surface area (Å²) in [6.45, 7) is 2.69. The van der Waals surface area contributed by atoms with Crippen molar-refractivity contribution in [1.82, 2.24) is 19.7 Å². The topological polar surface area (TPSA) is 64.2 Å². The lowest BCUT2D eigenvalue weighted by Gasteiger charge is -2.23. The summed E-state index contributed by atoms with van der Waals surface area (Å²) in [7, 11) is 1.89. The maximum absolute atomic E-state index is 13.1. The SMILES string of the molecule is Cc1sc(-c2ccco2)nc1C(=O)N1CCC[C@@H]1c1cnn(C)c1. The van der Waals surface area contributed by atoms with Gasteiger partial charge in [0.2, 0.25) is 0 Å². The number of likely N-dealkylation sites (tertiary alicyclic amines) is 1. The van der Waals surface area contributed by atoms with E-state index in [4.69, 9.17) is 4.42 Å². The molecule has 0 spiro atoms. The Bertz CT molecular complexity index is 865. The first-order chi connectivity index (χ1) is 11.6. The third-order valence-electron chi connectivity index (χ3n) is 4.35. The van der Waals surface area contributed by atoms with Crippen LogP contribution in [0, 0.1) is 6.92 Å². The van der Waals surface area contributed by atoms with E-state index in [1.54, 1.807) is 10.9 Å². The fourth-order valence-electron chi connectivity index (χ4n) is 3.21. The van der Waals surface area contributed by atoms with Crippen molar-refractivity contribution in [2.24, 2.45) is 7.05 Å². The molecule has 124 valence electrons. The summed E-state index contributed by atoms with van der Waals surface area (Å²) in [5.41, 5.74) is 1.62. The van der Waals surface area contributed by atoms with Gasteiger partial charge in [-0.25, -0.2) is 4.98 Å². The Labute approximate surface area is 143 Å². The minimum Gasteiger partial charge on any atom is -0.462 e. The van der Waals surface area contributed by atoms with Crippen molar-refractivity contribution in [3.8, 4) is 10.8 Å². The van der Waals surface area contributed by atoms with Crippen LogP contribution in [0.2, 0.25) is 0 Å². The Morgan fingerprint density at radius 1 is 1.46 bits per heavy atom. The molecule has 0 unspecified atom stereocenters. The van der Waals surface area contributed by atoms with Crippen LogP contribution in [0.15, 0.2) is 35.2 Å². The quantitative estimate of drug-likeness (QED) is 0.731. The lowest BCUT2D eigenvalue weighted by Crippen LogP contribution is -2.31. The molecule has 0 radical (unpaired) electrons. The van der Waals surface area contributed by atoms with E-state index >= 15 is 0 Å². The van der Waals surface area contributed by atoms with Crippen LogP contribution in [-0.2, 0) is 7.05 Å². The van der Waals surface area contributed by atoms with E-state index in [1.165, 1.54) is 11.3 Å². The summed E-state index contributed by atoms with van der Waals surface area (Å²) in [6.07, 6.45) is 7.41. The average molecular weight is 342 g/mol. The molecule has 1 atom stereocenters. The number of nitrogens with zero attached hydrogens (tertiary/aromatic N) is 4. The molecular weight excluding hydrogens is 324 g/mol. The molecule has 0 saturated carbocycles. The lowest BCUT2D eigenvalue weighted by atomic mass is 10.1. The number of carbonyl (C=O) groups excluding carboxylic acids is 1. The van der Waals surface area contributed by atoms with Crippen molar-refractivity contribution in [1.29, 1.82) is 0 Å². The van der Waals surface area contributed by atoms with E-state index in [-0.39, 0.29) is 11.9 Å². The van der Waals surface area contributed by atoms with Gasteiger partial charge in [0, 0.05) is 30.2 Å². The van der Waals surface area contributed by atoms with Gasteiger partial charge in [-0.05, 0) is 31.9 Å². The fourth-order valence-corrected chi connectivity index (χ4v) is 4.08. The lowest BCUT2D eigenvalue weighted by molar-refractivity contribution is 0.0730. The van der Waals surface area contributed by atoms with E-state index in [0.717, 1.165) is 34.8 Å². The number of aryl methyl sites for hydroxylation is 2. The van der Waals surface area contributed by atoms with Gasteiger partial charge in [0.05, 0.1) is 18.5 Å². The Hall–Kier alpha value is -2.41. The minimum atomic E-state index is -0.00657. The number of furan rings is 1. The summed E-state index contributed by atoms with van der Waals surface area (Å²) in [6, 6.07) is 3.77. The summed E-state index contributed by atoms with van der Waals surface area (Å²) in [5.74, 6) is 0.695. The third-order valence-corrected chi connectivity index (χ3v) is 5.34. The molecule has 7 heteroatoms. The second-order valence-corrected chi connectivity index (χ2v) is 7.21. The normalized spacial score (nSPS) is 17.6. The van der Waals surface area contributed by atoms with Gasteiger partial charge in [0.25, 0.3) is 5.91 Å². The van der Waals surface area contributed by atoms with Crippen LogP contribution < -0.4 is 0 Å². The molecule has 6 nitrogen and oxygen atoms in total. The zero-order valence-electron chi connectivity index (χ0n) is 13.6. The van der Waals surface area contributed by atoms with Crippen LogP contribution >= 0.6 is 11.3 Å². The molecule has 3 aromatic rings. The maximum atomic E-state index is 13.1. The average Bonchev–Trinajstić information content (AvgIpc) is 3.33. The molecular formula is C17H18N4O2S. The zero-order valence-corrected chi connectivity index (χ0v) is 14.4. The van der Waals surface area contributed by atoms with Gasteiger partial charge in [-0.3, -0.25) is 9.48 Å². The van der Waals surface area contributed by atoms with Crippen LogP contribution in [-0.4, -0.2) is 32.1 Å². The predicted molar refractivity (Wildman–Crippen MR) is 90.8 cm³/mol. The molecule has 1 aliphatic rings. The molecule has 0 aromatic carbocycles. The van der Waals surface area contributed by atoms with Gasteiger partial charge in [0.15, 0.2) is 10.8 Å². The molecule has 0 bridgehead atoms. The highest BCUT2D eigenvalue weighted by molar-refractivity contribution is 7.15. The molecule has 0 aliphatic carbocycles. The van der Waals surface area contributed by atoms with Gasteiger partial charge >= 0.3 is 0 Å². The number of thiazole rings is 1. The molecule has 4 rings (SSSR count). The van der Waals surface area contributed by atoms with Crippen LogP contribution in [0.5, 0.6) is 0 Å². The molecule has 3 aromatic heterocycles. The first-order valence-corrected chi connectivity index (χ1v) is 8.76. The first-order valence-electron chi connectivity index (χ1n) is 7.94. The summed E-state index contributed by atoms with van der Waals surface area (Å²) >= 11 is 1.49. The van der Waals surface area contributed by atoms with Crippen molar-refractivity contribution in [3.05, 3.63) is 46.9 Å². The Morgan fingerprint density at radius 2 is 2.33 bits per heavy atom. The molecule has 1 saturated heterocycles. The second kappa shape index (κ2) is 5.90. The number of aromatic nitrogens is 3. The number of amides is 1. The molecule has 24 heavy (non-hydrogen) atoms. The van der Waals surface area contributed by atoms with Crippen LogP contribution in [0.3, 0.4) is 0 Å². The Balaban J connectivity index is 1.63. The van der Waals surface area contributed by atoms with E-state index in [1.807, 2.05) is 43.4 Å². The Morgan fingerprint density at radius 3 is 3.04 bits per heavy atom. The third kappa shape index (κ3) is 2.54. The second-order valence-electron chi connectivity index (χ2n) is 6.01. The predicted octanol–water partition coefficient (Wildman–Crippen LogP) is 3.42. The van der Waals surface area contributed by atoms with Gasteiger partial charge < -0.3 is 9.32 Å².